The van der Waals surface area contributed by atoms with Crippen molar-refractivity contribution in [1.82, 2.24) is 9.97 Å². The van der Waals surface area contributed by atoms with Crippen molar-refractivity contribution in [1.29, 1.82) is 0 Å². The Morgan fingerprint density at radius 3 is 2.67 bits per heavy atom. The number of hydrogen-bond acceptors (Lipinski definition) is 8. The molecule has 0 aliphatic rings. The van der Waals surface area contributed by atoms with Crippen LogP contribution in [0.1, 0.15) is 5.56 Å². The first-order valence-corrected chi connectivity index (χ1v) is 12.8. The molecule has 0 bridgehead atoms. The van der Waals surface area contributed by atoms with Gasteiger partial charge >= 0.3 is 0 Å². The van der Waals surface area contributed by atoms with E-state index in [0.29, 0.717) is 23.3 Å². The third kappa shape index (κ3) is 6.08. The first-order valence-electron chi connectivity index (χ1n) is 9.82. The molecule has 4 aromatic rings. The molecule has 33 heavy (non-hydrogen) atoms. The van der Waals surface area contributed by atoms with E-state index in [2.05, 4.69) is 27.2 Å². The van der Waals surface area contributed by atoms with Gasteiger partial charge in [0, 0.05) is 23.7 Å². The van der Waals surface area contributed by atoms with Crippen molar-refractivity contribution >= 4 is 55.4 Å². The van der Waals surface area contributed by atoms with Crippen LogP contribution in [0, 0.1) is 0 Å². The lowest BCUT2D eigenvalue weighted by Crippen LogP contribution is -2.07. The second-order valence-electron chi connectivity index (χ2n) is 7.27. The number of anilines is 3. The molecule has 0 unspecified atom stereocenters. The van der Waals surface area contributed by atoms with Crippen LogP contribution in [0.25, 0.3) is 10.2 Å². The summed E-state index contributed by atoms with van der Waals surface area (Å²) >= 11 is 1.47. The van der Waals surface area contributed by atoms with Crippen molar-refractivity contribution in [2.45, 2.75) is 5.75 Å². The predicted octanol–water partition coefficient (Wildman–Crippen LogP) is 6.23. The van der Waals surface area contributed by atoms with Gasteiger partial charge in [-0.15, -0.1) is 11.3 Å². The number of aromatic nitrogens is 2. The van der Waals surface area contributed by atoms with E-state index in [1.54, 1.807) is 24.3 Å². The summed E-state index contributed by atoms with van der Waals surface area (Å²) in [5.41, 5.74) is 2.89. The Hall–Kier alpha value is -3.44. The predicted molar refractivity (Wildman–Crippen MR) is 135 cm³/mol. The highest BCUT2D eigenvalue weighted by atomic mass is 32.3. The minimum Gasteiger partial charge on any atom is -0.437 e. The molecule has 0 saturated heterocycles. The second kappa shape index (κ2) is 9.59. The lowest BCUT2D eigenvalue weighted by molar-refractivity contribution is -0.111. The first-order chi connectivity index (χ1) is 15.8. The molecule has 4 rings (SSSR count). The van der Waals surface area contributed by atoms with Gasteiger partial charge in [0.2, 0.25) is 17.7 Å². The number of ether oxygens (including phenoxy) is 1. The number of nitrogens with one attached hydrogen (secondary N) is 2. The van der Waals surface area contributed by atoms with Crippen LogP contribution in [0.5, 0.6) is 11.6 Å². The highest BCUT2D eigenvalue weighted by molar-refractivity contribution is 8.23. The fourth-order valence-electron chi connectivity index (χ4n) is 3.03. The molecule has 4 N–H and O–H groups in total. The van der Waals surface area contributed by atoms with Gasteiger partial charge in [0.05, 0.1) is 11.3 Å². The molecule has 0 fully saturated rings. The highest BCUT2D eigenvalue weighted by Crippen LogP contribution is 2.38. The van der Waals surface area contributed by atoms with Gasteiger partial charge in [-0.3, -0.25) is 13.9 Å². The summed E-state index contributed by atoms with van der Waals surface area (Å²) in [4.78, 5) is 20.7. The maximum atomic E-state index is 11.6. The van der Waals surface area contributed by atoms with E-state index in [-0.39, 0.29) is 11.7 Å². The smallest absolute Gasteiger partial charge is 0.247 e. The van der Waals surface area contributed by atoms with Crippen molar-refractivity contribution < 1.29 is 18.6 Å². The minimum atomic E-state index is -2.60. The molecule has 0 aliphatic heterocycles. The first kappa shape index (κ1) is 22.7. The molecule has 2 heterocycles. The minimum absolute atomic E-state index is 0.203. The molecule has 0 spiro atoms. The number of nitrogens with zero attached hydrogens (tertiary/aromatic N) is 2. The number of rotatable bonds is 8. The van der Waals surface area contributed by atoms with E-state index < -0.39 is 10.6 Å². The van der Waals surface area contributed by atoms with Gasteiger partial charge in [-0.25, -0.2) is 4.98 Å². The number of carbonyl (C=O) groups excluding carboxylic acids is 1. The topological polar surface area (TPSA) is 117 Å². The maximum absolute atomic E-state index is 11.6. The number of thiophene rings is 1. The summed E-state index contributed by atoms with van der Waals surface area (Å²) in [6.45, 7) is 3.45. The van der Waals surface area contributed by atoms with Crippen LogP contribution < -0.4 is 15.4 Å². The van der Waals surface area contributed by atoms with Crippen LogP contribution in [-0.4, -0.2) is 31.2 Å². The molecule has 2 aromatic carbocycles. The quantitative estimate of drug-likeness (QED) is 0.220. The molecule has 8 nitrogen and oxygen atoms in total. The zero-order chi connectivity index (χ0) is 23.4. The lowest BCUT2D eigenvalue weighted by Gasteiger charge is -2.26. The Balaban J connectivity index is 1.57. The number of carbonyl (C=O) groups is 1. The molecule has 0 saturated carbocycles. The maximum Gasteiger partial charge on any atom is 0.247 e. The van der Waals surface area contributed by atoms with Crippen LogP contribution in [0.3, 0.4) is 0 Å². The number of benzene rings is 2. The van der Waals surface area contributed by atoms with E-state index in [9.17, 15) is 13.9 Å². The largest absolute Gasteiger partial charge is 0.437 e. The lowest BCUT2D eigenvalue weighted by atomic mass is 10.2. The van der Waals surface area contributed by atoms with Gasteiger partial charge in [-0.2, -0.15) is 15.6 Å². The zero-order valence-electron chi connectivity index (χ0n) is 17.7. The van der Waals surface area contributed by atoms with Crippen molar-refractivity contribution in [3.8, 4) is 11.6 Å². The second-order valence-corrected chi connectivity index (χ2v) is 10.5. The Morgan fingerprint density at radius 1 is 1.15 bits per heavy atom. The van der Waals surface area contributed by atoms with Crippen LogP contribution in [0.2, 0.25) is 0 Å². The molecule has 1 amide bonds. The van der Waals surface area contributed by atoms with Crippen molar-refractivity contribution in [2.24, 2.45) is 0 Å². The number of amides is 1. The van der Waals surface area contributed by atoms with Crippen molar-refractivity contribution in [2.75, 3.05) is 16.9 Å². The normalized spacial score (nSPS) is 11.7. The number of hydrogen-bond donors (Lipinski definition) is 4. The van der Waals surface area contributed by atoms with Gasteiger partial charge < -0.3 is 15.4 Å². The van der Waals surface area contributed by atoms with E-state index in [4.69, 9.17) is 4.74 Å². The van der Waals surface area contributed by atoms with Gasteiger partial charge in [-0.05, 0) is 47.4 Å². The monoisotopic (exact) mass is 482 g/mol. The van der Waals surface area contributed by atoms with Crippen LogP contribution in [-0.2, 0) is 10.5 Å². The Labute approximate surface area is 196 Å². The molecule has 0 radical (unpaired) electrons. The third-order valence-electron chi connectivity index (χ3n) is 4.42. The molecule has 2 aromatic heterocycles. The molecular weight excluding hydrogens is 460 g/mol. The standard InChI is InChI=1S/C23H22N4O4S2/c1-3-20(28)24-17-5-4-6-18(13-17)31-22-21-19(11-12-32-21)26-23(27-22)25-16-9-7-15(8-10-16)14-33(2,29)30/h3-13,29-30H,1,14H2,2H3,(H,24,28)(H,25,26,27). The summed E-state index contributed by atoms with van der Waals surface area (Å²) in [5, 5.41) is 7.78. The molecule has 0 aliphatic carbocycles. The zero-order valence-corrected chi connectivity index (χ0v) is 19.3. The summed E-state index contributed by atoms with van der Waals surface area (Å²) < 4.78 is 26.1. The van der Waals surface area contributed by atoms with Gasteiger partial charge in [0.25, 0.3) is 0 Å². The fraction of sp³-hybridized carbons (Fsp3) is 0.0870. The number of fused-ring (bicyclic) bond motifs is 1. The summed E-state index contributed by atoms with van der Waals surface area (Å²) in [6, 6.07) is 16.2. The van der Waals surface area contributed by atoms with Crippen LogP contribution in [0.4, 0.5) is 17.3 Å². The average molecular weight is 483 g/mol. The average Bonchev–Trinajstić information content (AvgIpc) is 3.23. The molecule has 10 heteroatoms. The summed E-state index contributed by atoms with van der Waals surface area (Å²) in [7, 11) is -2.60. The Bertz CT molecular complexity index is 1300. The molecular formula is C23H22N4O4S2. The van der Waals surface area contributed by atoms with Gasteiger partial charge in [-0.1, -0.05) is 24.8 Å². The van der Waals surface area contributed by atoms with Crippen LogP contribution in [0.15, 0.2) is 72.6 Å². The molecule has 0 atom stereocenters. The summed E-state index contributed by atoms with van der Waals surface area (Å²) in [6.07, 6.45) is 2.62. The van der Waals surface area contributed by atoms with Crippen molar-refractivity contribution in [3.05, 3.63) is 78.2 Å². The van der Waals surface area contributed by atoms with E-state index >= 15 is 0 Å². The van der Waals surface area contributed by atoms with E-state index in [1.807, 2.05) is 35.7 Å². The fourth-order valence-corrected chi connectivity index (χ4v) is 4.61. The van der Waals surface area contributed by atoms with Crippen LogP contribution >= 0.6 is 21.9 Å². The summed E-state index contributed by atoms with van der Waals surface area (Å²) in [5.74, 6) is 1.16. The highest BCUT2D eigenvalue weighted by Gasteiger charge is 2.13. The molecule has 170 valence electrons. The third-order valence-corrected chi connectivity index (χ3v) is 6.20. The van der Waals surface area contributed by atoms with Crippen molar-refractivity contribution in [3.63, 3.8) is 0 Å². The van der Waals surface area contributed by atoms with E-state index in [0.717, 1.165) is 21.5 Å². The van der Waals surface area contributed by atoms with E-state index in [1.165, 1.54) is 23.7 Å². The Kier molecular flexibility index (Phi) is 6.61. The van der Waals surface area contributed by atoms with Gasteiger partial charge in [0.1, 0.15) is 10.4 Å². The SMILES string of the molecule is C=CC(=O)Nc1cccc(Oc2nc(Nc3ccc(CS(C)(O)O)cc3)nc3ccsc23)c1. The van der Waals surface area contributed by atoms with Gasteiger partial charge in [0.15, 0.2) is 0 Å². The Morgan fingerprint density at radius 2 is 1.94 bits per heavy atom.